The van der Waals surface area contributed by atoms with Crippen molar-refractivity contribution in [2.75, 3.05) is 18.0 Å². The number of halogens is 9. The fourth-order valence-electron chi connectivity index (χ4n) is 3.90. The van der Waals surface area contributed by atoms with Crippen LogP contribution in [0, 0.1) is 0 Å². The van der Waals surface area contributed by atoms with Gasteiger partial charge >= 0.3 is 18.4 Å². The van der Waals surface area contributed by atoms with Crippen LogP contribution in [-0.2, 0) is 23.6 Å². The third-order valence-corrected chi connectivity index (χ3v) is 6.45. The maximum absolute atomic E-state index is 13.2. The number of benzene rings is 1. The van der Waals surface area contributed by atoms with Crippen LogP contribution >= 0.6 is 15.9 Å². The van der Waals surface area contributed by atoms with E-state index in [0.717, 1.165) is 4.90 Å². The molecule has 0 N–H and O–H groups in total. The molecular weight excluding hydrogens is 558 g/mol. The highest BCUT2D eigenvalue weighted by atomic mass is 79.9. The fraction of sp³-hybridized carbons (Fsp3) is 0.429. The Bertz CT molecular complexity index is 1110. The molecule has 1 amide bonds. The first kappa shape index (κ1) is 25.5. The van der Waals surface area contributed by atoms with Gasteiger partial charge in [-0.1, -0.05) is 0 Å². The fourth-order valence-corrected chi connectivity index (χ4v) is 4.24. The van der Waals surface area contributed by atoms with Gasteiger partial charge in [0.2, 0.25) is 0 Å². The molecular formula is C21H16BrF8N3O2. The molecule has 0 spiro atoms. The summed E-state index contributed by atoms with van der Waals surface area (Å²) >= 11 is 3.25. The Balaban J connectivity index is 1.61. The third-order valence-electron chi connectivity index (χ3n) is 5.72. The van der Waals surface area contributed by atoms with Crippen molar-refractivity contribution in [3.8, 4) is 0 Å². The molecule has 2 aromatic rings. The first-order valence-electron chi connectivity index (χ1n) is 10.1. The van der Waals surface area contributed by atoms with Gasteiger partial charge in [-0.25, -0.2) is 18.6 Å². The molecule has 4 rings (SSSR count). The zero-order valence-electron chi connectivity index (χ0n) is 17.7. The first-order chi connectivity index (χ1) is 16.0. The Hall–Kier alpha value is -2.64. The van der Waals surface area contributed by atoms with E-state index in [-0.39, 0.29) is 24.1 Å². The van der Waals surface area contributed by atoms with Crippen LogP contribution in [0.3, 0.4) is 0 Å². The molecule has 0 aliphatic carbocycles. The minimum absolute atomic E-state index is 0.00541. The van der Waals surface area contributed by atoms with E-state index in [9.17, 15) is 39.9 Å². The number of ether oxygens (including phenoxy) is 1. The van der Waals surface area contributed by atoms with Gasteiger partial charge in [0, 0.05) is 4.47 Å². The molecule has 1 aromatic heterocycles. The van der Waals surface area contributed by atoms with E-state index in [1.54, 1.807) is 6.07 Å². The molecule has 0 bridgehead atoms. The number of hydrogen-bond donors (Lipinski definition) is 0. The number of alkyl halides is 8. The molecule has 5 nitrogen and oxygen atoms in total. The maximum Gasteiger partial charge on any atom is 0.416 e. The monoisotopic (exact) mass is 573 g/mol. The first-order valence-corrected chi connectivity index (χ1v) is 10.9. The quantitative estimate of drug-likeness (QED) is 0.396. The Morgan fingerprint density at radius 3 is 2.14 bits per heavy atom. The Labute approximate surface area is 201 Å². The zero-order valence-corrected chi connectivity index (χ0v) is 19.3. The highest BCUT2D eigenvalue weighted by Gasteiger charge is 2.45. The highest BCUT2D eigenvalue weighted by Crippen LogP contribution is 2.41. The van der Waals surface area contributed by atoms with Crippen molar-refractivity contribution in [3.63, 3.8) is 0 Å². The van der Waals surface area contributed by atoms with Crippen molar-refractivity contribution in [1.82, 2.24) is 9.88 Å². The molecule has 2 fully saturated rings. The third kappa shape index (κ3) is 5.16. The van der Waals surface area contributed by atoms with Crippen molar-refractivity contribution in [1.29, 1.82) is 0 Å². The van der Waals surface area contributed by atoms with E-state index in [1.165, 1.54) is 17.9 Å². The van der Waals surface area contributed by atoms with Crippen molar-refractivity contribution in [2.24, 2.45) is 0 Å². The highest BCUT2D eigenvalue weighted by molar-refractivity contribution is 9.10. The standard InChI is InChI=1S/C21H16BrF8N3O2/c1-10-17(11-4-12(20(25,26)27)6-13(5-11)21(28,29)30)35-18(34)33(10)7-15-14(22)2-3-16(31-15)32-8-19(23,24)9-32/h2-6,10,17H,7-9H2,1H3. The minimum Gasteiger partial charge on any atom is -0.439 e. The van der Waals surface area contributed by atoms with Crippen LogP contribution in [0.4, 0.5) is 45.7 Å². The summed E-state index contributed by atoms with van der Waals surface area (Å²) in [4.78, 5) is 19.2. The summed E-state index contributed by atoms with van der Waals surface area (Å²) in [5.74, 6) is -2.60. The largest absolute Gasteiger partial charge is 0.439 e. The smallest absolute Gasteiger partial charge is 0.416 e. The minimum atomic E-state index is -5.05. The molecule has 2 saturated heterocycles. The second-order valence-electron chi connectivity index (χ2n) is 8.32. The Morgan fingerprint density at radius 1 is 1.06 bits per heavy atom. The number of carbonyl (C=O) groups excluding carboxylic acids is 1. The van der Waals surface area contributed by atoms with Gasteiger partial charge in [-0.3, -0.25) is 4.90 Å². The van der Waals surface area contributed by atoms with Crippen molar-refractivity contribution < 1.29 is 44.7 Å². The van der Waals surface area contributed by atoms with Crippen LogP contribution < -0.4 is 4.90 Å². The van der Waals surface area contributed by atoms with E-state index in [1.807, 2.05) is 0 Å². The van der Waals surface area contributed by atoms with Crippen LogP contribution in [0.1, 0.15) is 35.4 Å². The number of aromatic nitrogens is 1. The van der Waals surface area contributed by atoms with E-state index < -0.39 is 66.3 Å². The summed E-state index contributed by atoms with van der Waals surface area (Å²) in [6, 6.07) is 3.11. The van der Waals surface area contributed by atoms with E-state index >= 15 is 0 Å². The lowest BCUT2D eigenvalue weighted by Crippen LogP contribution is -2.56. The summed E-state index contributed by atoms with van der Waals surface area (Å²) in [5.41, 5.74) is -3.25. The number of anilines is 1. The second kappa shape index (κ2) is 8.49. The molecule has 2 atom stereocenters. The summed E-state index contributed by atoms with van der Waals surface area (Å²) in [6.45, 7) is 0.141. The number of hydrogen-bond acceptors (Lipinski definition) is 4. The van der Waals surface area contributed by atoms with Crippen molar-refractivity contribution in [3.05, 3.63) is 57.2 Å². The molecule has 2 aliphatic heterocycles. The molecule has 35 heavy (non-hydrogen) atoms. The summed E-state index contributed by atoms with van der Waals surface area (Å²) in [7, 11) is 0. The lowest BCUT2D eigenvalue weighted by atomic mass is 9.97. The number of rotatable bonds is 4. The molecule has 0 saturated carbocycles. The number of cyclic esters (lactones) is 1. The number of carbonyl (C=O) groups is 1. The number of pyridine rings is 1. The zero-order chi connectivity index (χ0) is 25.9. The van der Waals surface area contributed by atoms with Crippen LogP contribution in [0.2, 0.25) is 0 Å². The van der Waals surface area contributed by atoms with Gasteiger partial charge in [0.05, 0.1) is 42.5 Å². The van der Waals surface area contributed by atoms with Crippen LogP contribution in [0.15, 0.2) is 34.8 Å². The van der Waals surface area contributed by atoms with Crippen LogP contribution in [0.25, 0.3) is 0 Å². The van der Waals surface area contributed by atoms with Gasteiger partial charge in [-0.2, -0.15) is 26.3 Å². The average molecular weight is 574 g/mol. The van der Waals surface area contributed by atoms with E-state index in [2.05, 4.69) is 20.9 Å². The SMILES string of the molecule is CC1C(c2cc(C(F)(F)F)cc(C(F)(F)F)c2)OC(=O)N1Cc1nc(N2CC(F)(F)C2)ccc1Br. The van der Waals surface area contributed by atoms with Crippen LogP contribution in [-0.4, -0.2) is 41.0 Å². The van der Waals surface area contributed by atoms with Gasteiger partial charge in [-0.05, 0) is 58.7 Å². The maximum atomic E-state index is 13.2. The molecule has 190 valence electrons. The molecule has 2 aliphatic rings. The van der Waals surface area contributed by atoms with Crippen LogP contribution in [0.5, 0.6) is 0 Å². The summed E-state index contributed by atoms with van der Waals surface area (Å²) < 4.78 is 111. The Kier molecular flexibility index (Phi) is 6.17. The molecule has 2 unspecified atom stereocenters. The average Bonchev–Trinajstić information content (AvgIpc) is 3.00. The summed E-state index contributed by atoms with van der Waals surface area (Å²) in [6.07, 6.45) is -12.5. The lowest BCUT2D eigenvalue weighted by molar-refractivity contribution is -0.143. The normalized spacial score (nSPS) is 22.3. The van der Waals surface area contributed by atoms with Gasteiger partial charge < -0.3 is 9.64 Å². The van der Waals surface area contributed by atoms with Crippen molar-refractivity contribution in [2.45, 2.75) is 43.9 Å². The van der Waals surface area contributed by atoms with E-state index in [4.69, 9.17) is 4.74 Å². The second-order valence-corrected chi connectivity index (χ2v) is 9.18. The predicted molar refractivity (Wildman–Crippen MR) is 110 cm³/mol. The Morgan fingerprint density at radius 2 is 1.63 bits per heavy atom. The van der Waals surface area contributed by atoms with Crippen molar-refractivity contribution >= 4 is 27.8 Å². The van der Waals surface area contributed by atoms with Gasteiger partial charge in [0.1, 0.15) is 11.9 Å². The van der Waals surface area contributed by atoms with Gasteiger partial charge in [0.15, 0.2) is 0 Å². The lowest BCUT2D eigenvalue weighted by Gasteiger charge is -2.39. The number of amides is 1. The topological polar surface area (TPSA) is 45.7 Å². The molecule has 1 aromatic carbocycles. The van der Waals surface area contributed by atoms with Gasteiger partial charge in [0.25, 0.3) is 5.92 Å². The number of nitrogens with zero attached hydrogens (tertiary/aromatic N) is 3. The molecule has 14 heteroatoms. The predicted octanol–water partition coefficient (Wildman–Crippen LogP) is 6.42. The van der Waals surface area contributed by atoms with E-state index in [0.29, 0.717) is 16.6 Å². The molecule has 0 radical (unpaired) electrons. The molecule has 3 heterocycles. The summed E-state index contributed by atoms with van der Waals surface area (Å²) in [5, 5.41) is 0. The van der Waals surface area contributed by atoms with Gasteiger partial charge in [-0.15, -0.1) is 0 Å².